The summed E-state index contributed by atoms with van der Waals surface area (Å²) in [5, 5.41) is 3.56. The van der Waals surface area contributed by atoms with Gasteiger partial charge < -0.3 is 10.2 Å². The Morgan fingerprint density at radius 2 is 1.68 bits per heavy atom. The summed E-state index contributed by atoms with van der Waals surface area (Å²) in [7, 11) is 0. The lowest BCUT2D eigenvalue weighted by Crippen LogP contribution is -2.65. The minimum atomic E-state index is 0.0502. The number of benzene rings is 1. The average Bonchev–Trinajstić information content (AvgIpc) is 3.08. The molecule has 1 saturated heterocycles. The van der Waals surface area contributed by atoms with E-state index in [4.69, 9.17) is 0 Å². The number of likely N-dealkylation sites (tertiary alicyclic amines) is 1. The van der Waals surface area contributed by atoms with Crippen LogP contribution in [0.25, 0.3) is 0 Å². The van der Waals surface area contributed by atoms with Gasteiger partial charge in [0.05, 0.1) is 0 Å². The van der Waals surface area contributed by atoms with E-state index in [0.717, 1.165) is 31.3 Å². The normalized spacial score (nSPS) is 39.0. The van der Waals surface area contributed by atoms with Gasteiger partial charge in [0.25, 0.3) is 0 Å². The Morgan fingerprint density at radius 1 is 1.04 bits per heavy atom. The first-order chi connectivity index (χ1) is 12.1. The maximum atomic E-state index is 12.8. The Kier molecular flexibility index (Phi) is 3.45. The fraction of sp³-hybridized carbons (Fsp3) is 0.682. The van der Waals surface area contributed by atoms with Crippen molar-refractivity contribution in [2.75, 3.05) is 13.1 Å². The molecular formula is C22H30N2O. The number of carbonyl (C=O) groups is 1. The number of carbonyl (C=O) groups excluding carboxylic acids is 1. The van der Waals surface area contributed by atoms with Crippen molar-refractivity contribution in [3.8, 4) is 0 Å². The first kappa shape index (κ1) is 15.7. The summed E-state index contributed by atoms with van der Waals surface area (Å²) in [6.45, 7) is 4.05. The molecule has 1 aliphatic heterocycles. The lowest BCUT2D eigenvalue weighted by atomic mass is 9.45. The van der Waals surface area contributed by atoms with E-state index >= 15 is 0 Å². The zero-order valence-electron chi connectivity index (χ0n) is 15.4. The van der Waals surface area contributed by atoms with E-state index in [1.54, 1.807) is 0 Å². The molecule has 25 heavy (non-hydrogen) atoms. The highest BCUT2D eigenvalue weighted by Gasteiger charge is 2.58. The van der Waals surface area contributed by atoms with Crippen LogP contribution in [0.3, 0.4) is 0 Å². The zero-order chi connectivity index (χ0) is 17.1. The van der Waals surface area contributed by atoms with E-state index in [9.17, 15) is 4.79 Å². The Balaban J connectivity index is 1.44. The van der Waals surface area contributed by atoms with Crippen molar-refractivity contribution in [1.82, 2.24) is 10.2 Å². The fourth-order valence-corrected chi connectivity index (χ4v) is 6.88. The highest BCUT2D eigenvalue weighted by atomic mass is 16.2. The minimum Gasteiger partial charge on any atom is -0.333 e. The fourth-order valence-electron chi connectivity index (χ4n) is 6.88. The van der Waals surface area contributed by atoms with E-state index in [2.05, 4.69) is 36.5 Å². The van der Waals surface area contributed by atoms with Gasteiger partial charge in [-0.3, -0.25) is 0 Å². The number of nitrogens with zero attached hydrogens (tertiary/aromatic N) is 1. The Morgan fingerprint density at radius 3 is 2.32 bits per heavy atom. The van der Waals surface area contributed by atoms with Crippen LogP contribution in [0.2, 0.25) is 0 Å². The highest BCUT2D eigenvalue weighted by Crippen LogP contribution is 2.62. The summed E-state index contributed by atoms with van der Waals surface area (Å²) in [6.07, 6.45) is 9.93. The number of urea groups is 1. The Labute approximate surface area is 151 Å². The number of hydrogen-bond acceptors (Lipinski definition) is 1. The third-order valence-corrected chi connectivity index (χ3v) is 7.49. The standard InChI is InChI=1S/C22H30N2O/c1-16-4-6-19(7-5-16)21-11-17-10-18(12-21)14-22(13-17,15-21)23-20(25)24-8-2-3-9-24/h4-7,17-18H,2-3,8-15H2,1H3,(H,23,25)/t17-,18+,21?,22?. The van der Waals surface area contributed by atoms with Gasteiger partial charge in [-0.2, -0.15) is 0 Å². The van der Waals surface area contributed by atoms with Crippen molar-refractivity contribution < 1.29 is 4.79 Å². The second-order valence-electron chi connectivity index (χ2n) is 9.51. The monoisotopic (exact) mass is 338 g/mol. The van der Waals surface area contributed by atoms with Gasteiger partial charge >= 0.3 is 6.03 Å². The van der Waals surface area contributed by atoms with Crippen molar-refractivity contribution in [2.45, 2.75) is 69.2 Å². The predicted molar refractivity (Wildman–Crippen MR) is 99.6 cm³/mol. The summed E-state index contributed by atoms with van der Waals surface area (Å²) in [4.78, 5) is 14.9. The third kappa shape index (κ3) is 2.58. The first-order valence-corrected chi connectivity index (χ1v) is 10.2. The molecule has 5 fully saturated rings. The quantitative estimate of drug-likeness (QED) is 0.852. The summed E-state index contributed by atoms with van der Waals surface area (Å²) in [6, 6.07) is 9.46. The van der Waals surface area contributed by atoms with Crippen LogP contribution < -0.4 is 5.32 Å². The van der Waals surface area contributed by atoms with Crippen molar-refractivity contribution in [3.63, 3.8) is 0 Å². The molecule has 4 bridgehead atoms. The highest BCUT2D eigenvalue weighted by molar-refractivity contribution is 5.75. The van der Waals surface area contributed by atoms with Gasteiger partial charge in [0.1, 0.15) is 0 Å². The first-order valence-electron chi connectivity index (χ1n) is 10.2. The molecule has 2 amide bonds. The number of nitrogens with one attached hydrogen (secondary N) is 1. The van der Waals surface area contributed by atoms with Crippen LogP contribution in [0, 0.1) is 18.8 Å². The van der Waals surface area contributed by atoms with Crippen LogP contribution >= 0.6 is 0 Å². The number of amides is 2. The smallest absolute Gasteiger partial charge is 0.317 e. The average molecular weight is 338 g/mol. The van der Waals surface area contributed by atoms with E-state index < -0.39 is 0 Å². The molecule has 1 aromatic rings. The summed E-state index contributed by atoms with van der Waals surface area (Å²) < 4.78 is 0. The lowest BCUT2D eigenvalue weighted by molar-refractivity contribution is -0.0364. The molecular weight excluding hydrogens is 308 g/mol. The number of aryl methyl sites for hydroxylation is 1. The molecule has 4 saturated carbocycles. The van der Waals surface area contributed by atoms with E-state index in [1.165, 1.54) is 56.1 Å². The topological polar surface area (TPSA) is 32.3 Å². The Hall–Kier alpha value is -1.51. The molecule has 4 aliphatic carbocycles. The van der Waals surface area contributed by atoms with Crippen LogP contribution in [0.1, 0.15) is 62.5 Å². The molecule has 0 radical (unpaired) electrons. The summed E-state index contributed by atoms with van der Waals surface area (Å²) in [5.41, 5.74) is 3.21. The molecule has 0 spiro atoms. The maximum Gasteiger partial charge on any atom is 0.317 e. The Bertz CT molecular complexity index is 660. The lowest BCUT2D eigenvalue weighted by Gasteiger charge is -2.62. The number of rotatable bonds is 2. The molecule has 3 nitrogen and oxygen atoms in total. The molecule has 6 rings (SSSR count). The van der Waals surface area contributed by atoms with Gasteiger partial charge in [0.2, 0.25) is 0 Å². The molecule has 0 aromatic heterocycles. The van der Waals surface area contributed by atoms with Gasteiger partial charge in [0.15, 0.2) is 0 Å². The minimum absolute atomic E-state index is 0.0502. The van der Waals surface area contributed by atoms with E-state index in [1.807, 2.05) is 4.90 Å². The second kappa shape index (κ2) is 5.49. The molecule has 1 N–H and O–H groups in total. The number of hydrogen-bond donors (Lipinski definition) is 1. The van der Waals surface area contributed by atoms with Crippen LogP contribution in [-0.4, -0.2) is 29.6 Å². The van der Waals surface area contributed by atoms with Crippen molar-refractivity contribution in [1.29, 1.82) is 0 Å². The van der Waals surface area contributed by atoms with Gasteiger partial charge in [-0.25, -0.2) is 4.79 Å². The predicted octanol–water partition coefficient (Wildman–Crippen LogP) is 4.39. The van der Waals surface area contributed by atoms with Gasteiger partial charge in [0, 0.05) is 18.6 Å². The maximum absolute atomic E-state index is 12.8. The SMILES string of the molecule is Cc1ccc(C23C[C@@H]4C[C@@H](CC(NC(=O)N5CCCC5)(C4)C2)C3)cc1. The zero-order valence-corrected chi connectivity index (χ0v) is 15.4. The molecule has 2 unspecified atom stereocenters. The largest absolute Gasteiger partial charge is 0.333 e. The summed E-state index contributed by atoms with van der Waals surface area (Å²) in [5.74, 6) is 1.59. The van der Waals surface area contributed by atoms with Gasteiger partial charge in [-0.15, -0.1) is 0 Å². The van der Waals surface area contributed by atoms with Crippen LogP contribution in [0.4, 0.5) is 4.79 Å². The van der Waals surface area contributed by atoms with E-state index in [0.29, 0.717) is 5.41 Å². The molecule has 1 heterocycles. The van der Waals surface area contributed by atoms with Gasteiger partial charge in [-0.1, -0.05) is 29.8 Å². The van der Waals surface area contributed by atoms with Crippen LogP contribution in [-0.2, 0) is 5.41 Å². The van der Waals surface area contributed by atoms with E-state index in [-0.39, 0.29) is 11.6 Å². The summed E-state index contributed by atoms with van der Waals surface area (Å²) >= 11 is 0. The van der Waals surface area contributed by atoms with Crippen molar-refractivity contribution in [2.24, 2.45) is 11.8 Å². The molecule has 134 valence electrons. The van der Waals surface area contributed by atoms with Crippen LogP contribution in [0.15, 0.2) is 24.3 Å². The molecule has 1 aromatic carbocycles. The third-order valence-electron chi connectivity index (χ3n) is 7.49. The molecule has 5 aliphatic rings. The second-order valence-corrected chi connectivity index (χ2v) is 9.51. The van der Waals surface area contributed by atoms with Gasteiger partial charge in [-0.05, 0) is 81.1 Å². The molecule has 3 heteroatoms. The van der Waals surface area contributed by atoms with Crippen LogP contribution in [0.5, 0.6) is 0 Å². The van der Waals surface area contributed by atoms with Crippen molar-refractivity contribution >= 4 is 6.03 Å². The molecule has 4 atom stereocenters. The van der Waals surface area contributed by atoms with Crippen molar-refractivity contribution in [3.05, 3.63) is 35.4 Å².